The summed E-state index contributed by atoms with van der Waals surface area (Å²) in [4.78, 5) is 11.4. The van der Waals surface area contributed by atoms with E-state index in [1.165, 1.54) is 16.7 Å². The molecule has 0 aliphatic rings. The zero-order valence-electron chi connectivity index (χ0n) is 10.5. The van der Waals surface area contributed by atoms with Crippen LogP contribution in [-0.4, -0.2) is 19.5 Å². The van der Waals surface area contributed by atoms with Crippen LogP contribution in [0.2, 0.25) is 4.34 Å². The van der Waals surface area contributed by atoms with Crippen molar-refractivity contribution in [3.05, 3.63) is 51.2 Å². The van der Waals surface area contributed by atoms with E-state index < -0.39 is 10.0 Å². The molecule has 0 atom stereocenters. The molecule has 8 heteroatoms. The lowest BCUT2D eigenvalue weighted by Gasteiger charge is -2.06. The Bertz CT molecular complexity index is 737. The Kier molecular flexibility index (Phi) is 4.98. The molecule has 0 fully saturated rings. The molecule has 2 rings (SSSR count). The van der Waals surface area contributed by atoms with E-state index >= 15 is 0 Å². The molecular formula is C12H13ClN2O3S2. The van der Waals surface area contributed by atoms with Crippen molar-refractivity contribution in [3.8, 4) is 0 Å². The van der Waals surface area contributed by atoms with E-state index in [4.69, 9.17) is 11.6 Å². The second kappa shape index (κ2) is 6.53. The summed E-state index contributed by atoms with van der Waals surface area (Å²) in [5.74, 6) is 0. The Morgan fingerprint density at radius 3 is 2.70 bits per heavy atom. The quantitative estimate of drug-likeness (QED) is 0.822. The number of hydrogen-bond acceptors (Lipinski definition) is 4. The van der Waals surface area contributed by atoms with E-state index in [9.17, 15) is 13.2 Å². The average molecular weight is 333 g/mol. The number of aromatic nitrogens is 1. The Labute approximate surface area is 125 Å². The first kappa shape index (κ1) is 15.2. The first-order valence-electron chi connectivity index (χ1n) is 5.89. The highest BCUT2D eigenvalue weighted by Gasteiger charge is 2.15. The zero-order chi connectivity index (χ0) is 14.6. The van der Waals surface area contributed by atoms with Crippen LogP contribution in [0.4, 0.5) is 0 Å². The van der Waals surface area contributed by atoms with Gasteiger partial charge in [-0.05, 0) is 24.6 Å². The number of sulfonamides is 1. The van der Waals surface area contributed by atoms with E-state index in [0.29, 0.717) is 17.3 Å². The van der Waals surface area contributed by atoms with Crippen molar-refractivity contribution in [1.82, 2.24) is 9.29 Å². The van der Waals surface area contributed by atoms with Gasteiger partial charge in [-0.25, -0.2) is 13.1 Å². The summed E-state index contributed by atoms with van der Waals surface area (Å²) in [6, 6.07) is 7.92. The number of halogens is 1. The highest BCUT2D eigenvalue weighted by Crippen LogP contribution is 2.25. The summed E-state index contributed by atoms with van der Waals surface area (Å²) in [6.07, 6.45) is 2.21. The molecule has 0 radical (unpaired) electrons. The van der Waals surface area contributed by atoms with Crippen molar-refractivity contribution in [1.29, 1.82) is 0 Å². The third kappa shape index (κ3) is 3.92. The summed E-state index contributed by atoms with van der Waals surface area (Å²) in [5, 5.41) is 0. The minimum atomic E-state index is -3.51. The summed E-state index contributed by atoms with van der Waals surface area (Å²) < 4.78 is 28.4. The van der Waals surface area contributed by atoms with E-state index in [1.54, 1.807) is 24.4 Å². The predicted octanol–water partition coefficient (Wildman–Crippen LogP) is 1.93. The van der Waals surface area contributed by atoms with Gasteiger partial charge in [0.25, 0.3) is 0 Å². The molecule has 5 nitrogen and oxygen atoms in total. The third-order valence-corrected chi connectivity index (χ3v) is 5.76. The second-order valence-electron chi connectivity index (χ2n) is 4.04. The molecular weight excluding hydrogens is 320 g/mol. The number of rotatable bonds is 6. The van der Waals surface area contributed by atoms with Gasteiger partial charge in [-0.1, -0.05) is 17.7 Å². The van der Waals surface area contributed by atoms with Crippen LogP contribution in [-0.2, 0) is 16.6 Å². The van der Waals surface area contributed by atoms with Crippen LogP contribution in [0.15, 0.2) is 45.5 Å². The minimum Gasteiger partial charge on any atom is -0.315 e. The van der Waals surface area contributed by atoms with Gasteiger partial charge in [0, 0.05) is 25.4 Å². The number of nitrogens with zero attached hydrogens (tertiary/aromatic N) is 1. The van der Waals surface area contributed by atoms with Gasteiger partial charge in [-0.2, -0.15) is 0 Å². The lowest BCUT2D eigenvalue weighted by Crippen LogP contribution is -2.26. The van der Waals surface area contributed by atoms with Crippen LogP contribution in [0.25, 0.3) is 0 Å². The van der Waals surface area contributed by atoms with Crippen molar-refractivity contribution in [2.45, 2.75) is 17.2 Å². The number of aryl methyl sites for hydroxylation is 1. The van der Waals surface area contributed by atoms with Crippen molar-refractivity contribution in [2.24, 2.45) is 0 Å². The first-order valence-corrected chi connectivity index (χ1v) is 8.57. The number of pyridine rings is 1. The van der Waals surface area contributed by atoms with Crippen LogP contribution in [0.1, 0.15) is 6.42 Å². The molecule has 0 saturated carbocycles. The van der Waals surface area contributed by atoms with E-state index in [-0.39, 0.29) is 16.3 Å². The maximum atomic E-state index is 11.9. The van der Waals surface area contributed by atoms with Gasteiger partial charge in [0.1, 0.15) is 4.21 Å². The molecule has 0 amide bonds. The fourth-order valence-corrected chi connectivity index (χ4v) is 4.22. The van der Waals surface area contributed by atoms with Gasteiger partial charge < -0.3 is 4.57 Å². The van der Waals surface area contributed by atoms with Gasteiger partial charge in [-0.15, -0.1) is 11.3 Å². The molecule has 0 saturated heterocycles. The predicted molar refractivity (Wildman–Crippen MR) is 79.8 cm³/mol. The summed E-state index contributed by atoms with van der Waals surface area (Å²) >= 11 is 6.72. The van der Waals surface area contributed by atoms with Gasteiger partial charge in [-0.3, -0.25) is 4.79 Å². The van der Waals surface area contributed by atoms with Crippen molar-refractivity contribution in [3.63, 3.8) is 0 Å². The molecule has 0 unspecified atom stereocenters. The maximum absolute atomic E-state index is 11.9. The monoisotopic (exact) mass is 332 g/mol. The smallest absolute Gasteiger partial charge is 0.250 e. The van der Waals surface area contributed by atoms with Crippen LogP contribution in [0.5, 0.6) is 0 Å². The van der Waals surface area contributed by atoms with Crippen LogP contribution < -0.4 is 10.3 Å². The SMILES string of the molecule is O=c1ccccn1CCCNS(=O)(=O)c1ccc(Cl)s1. The first-order chi connectivity index (χ1) is 9.49. The summed E-state index contributed by atoms with van der Waals surface area (Å²) in [5.41, 5.74) is -0.0969. The fraction of sp³-hybridized carbons (Fsp3) is 0.250. The van der Waals surface area contributed by atoms with E-state index in [2.05, 4.69) is 4.72 Å². The lowest BCUT2D eigenvalue weighted by molar-refractivity contribution is 0.568. The molecule has 2 heterocycles. The maximum Gasteiger partial charge on any atom is 0.250 e. The molecule has 1 N–H and O–H groups in total. The number of hydrogen-bond donors (Lipinski definition) is 1. The van der Waals surface area contributed by atoms with Gasteiger partial charge in [0.05, 0.1) is 4.34 Å². The van der Waals surface area contributed by atoms with Crippen LogP contribution in [0.3, 0.4) is 0 Å². The number of thiophene rings is 1. The Balaban J connectivity index is 1.87. The number of nitrogens with one attached hydrogen (secondary N) is 1. The van der Waals surface area contributed by atoms with Crippen LogP contribution in [0, 0.1) is 0 Å². The molecule has 0 spiro atoms. The van der Waals surface area contributed by atoms with Crippen molar-refractivity contribution in [2.75, 3.05) is 6.54 Å². The standard InChI is InChI=1S/C12H13ClN2O3S2/c13-10-5-6-12(19-10)20(17,18)14-7-3-9-15-8-2-1-4-11(15)16/h1-2,4-6,8,14H,3,7,9H2. The molecule has 0 bridgehead atoms. The zero-order valence-corrected chi connectivity index (χ0v) is 12.8. The van der Waals surface area contributed by atoms with Gasteiger partial charge in [0.15, 0.2) is 0 Å². The van der Waals surface area contributed by atoms with Gasteiger partial charge in [0.2, 0.25) is 15.6 Å². The van der Waals surface area contributed by atoms with Crippen LogP contribution >= 0.6 is 22.9 Å². The Morgan fingerprint density at radius 2 is 2.05 bits per heavy atom. The molecule has 20 heavy (non-hydrogen) atoms. The average Bonchev–Trinajstić information content (AvgIpc) is 2.84. The topological polar surface area (TPSA) is 68.2 Å². The van der Waals surface area contributed by atoms with Crippen molar-refractivity contribution < 1.29 is 8.42 Å². The molecule has 2 aromatic rings. The molecule has 0 aliphatic heterocycles. The highest BCUT2D eigenvalue weighted by atomic mass is 35.5. The molecule has 0 aliphatic carbocycles. The van der Waals surface area contributed by atoms with Crippen molar-refractivity contribution >= 4 is 33.0 Å². The second-order valence-corrected chi connectivity index (χ2v) is 7.75. The molecule has 2 aromatic heterocycles. The third-order valence-electron chi connectivity index (χ3n) is 2.58. The molecule has 0 aromatic carbocycles. The summed E-state index contributed by atoms with van der Waals surface area (Å²) in [6.45, 7) is 0.729. The molecule has 108 valence electrons. The Morgan fingerprint density at radius 1 is 1.25 bits per heavy atom. The fourth-order valence-electron chi connectivity index (χ4n) is 1.61. The minimum absolute atomic E-state index is 0.0969. The van der Waals surface area contributed by atoms with E-state index in [0.717, 1.165) is 11.3 Å². The van der Waals surface area contributed by atoms with Gasteiger partial charge >= 0.3 is 0 Å². The largest absolute Gasteiger partial charge is 0.315 e. The normalized spacial score (nSPS) is 11.7. The summed E-state index contributed by atoms with van der Waals surface area (Å²) in [7, 11) is -3.51. The highest BCUT2D eigenvalue weighted by molar-refractivity contribution is 7.91. The lowest BCUT2D eigenvalue weighted by atomic mass is 10.4. The Hall–Kier alpha value is -1.15. The van der Waals surface area contributed by atoms with E-state index in [1.807, 2.05) is 0 Å².